The molecule has 2 nitrogen and oxygen atoms in total. The molecule has 0 saturated heterocycles. The van der Waals surface area contributed by atoms with Gasteiger partial charge in [0.15, 0.2) is 0 Å². The second-order valence-electron chi connectivity index (χ2n) is 4.05. The maximum absolute atomic E-state index is 9.38. The number of aryl methyl sites for hydroxylation is 1. The third-order valence-corrected chi connectivity index (χ3v) is 2.94. The molecule has 1 atom stereocenters. The van der Waals surface area contributed by atoms with Crippen molar-refractivity contribution in [3.05, 3.63) is 65.2 Å². The van der Waals surface area contributed by atoms with Crippen LogP contribution in [0.3, 0.4) is 0 Å². The molecule has 2 aromatic carbocycles. The van der Waals surface area contributed by atoms with Crippen LogP contribution in [0.15, 0.2) is 48.5 Å². The van der Waals surface area contributed by atoms with Crippen LogP contribution in [0.1, 0.15) is 22.6 Å². The summed E-state index contributed by atoms with van der Waals surface area (Å²) >= 11 is 0. The maximum Gasteiger partial charge on any atom is 0.0985 e. The Bertz CT molecular complexity index is 522. The Hall–Kier alpha value is -2.27. The number of para-hydroxylation sites is 1. The summed E-state index contributed by atoms with van der Waals surface area (Å²) in [6.45, 7) is 2.01. The summed E-state index contributed by atoms with van der Waals surface area (Å²) in [6, 6.07) is 17.8. The van der Waals surface area contributed by atoms with Crippen molar-refractivity contribution in [3.8, 4) is 6.07 Å². The predicted octanol–water partition coefficient (Wildman–Crippen LogP) is 3.23. The van der Waals surface area contributed by atoms with Gasteiger partial charge in [-0.1, -0.05) is 42.5 Å². The molecule has 2 N–H and O–H groups in total. The van der Waals surface area contributed by atoms with Gasteiger partial charge in [-0.2, -0.15) is 5.26 Å². The minimum absolute atomic E-state index is 0.294. The van der Waals surface area contributed by atoms with Gasteiger partial charge in [0.25, 0.3) is 0 Å². The lowest BCUT2D eigenvalue weighted by Crippen LogP contribution is -2.04. The number of nitriles is 1. The van der Waals surface area contributed by atoms with Gasteiger partial charge in [-0.3, -0.25) is 0 Å². The fourth-order valence-electron chi connectivity index (χ4n) is 1.99. The van der Waals surface area contributed by atoms with Crippen LogP contribution in [0.5, 0.6) is 0 Å². The van der Waals surface area contributed by atoms with Crippen molar-refractivity contribution in [2.75, 3.05) is 5.73 Å². The number of nitrogens with two attached hydrogens (primary N) is 1. The van der Waals surface area contributed by atoms with E-state index in [1.165, 1.54) is 0 Å². The van der Waals surface area contributed by atoms with Crippen LogP contribution in [0.4, 0.5) is 5.69 Å². The second-order valence-corrected chi connectivity index (χ2v) is 4.05. The Morgan fingerprint density at radius 3 is 2.18 bits per heavy atom. The van der Waals surface area contributed by atoms with Crippen LogP contribution in [0.2, 0.25) is 0 Å². The van der Waals surface area contributed by atoms with E-state index < -0.39 is 0 Å². The van der Waals surface area contributed by atoms with Crippen molar-refractivity contribution < 1.29 is 0 Å². The zero-order chi connectivity index (χ0) is 12.3. The number of nitrogen functional groups attached to an aromatic ring is 1. The predicted molar refractivity (Wildman–Crippen MR) is 69.5 cm³/mol. The van der Waals surface area contributed by atoms with Crippen molar-refractivity contribution >= 4 is 5.69 Å². The van der Waals surface area contributed by atoms with Crippen molar-refractivity contribution in [3.63, 3.8) is 0 Å². The zero-order valence-electron chi connectivity index (χ0n) is 9.72. The first kappa shape index (κ1) is 11.2. The Morgan fingerprint density at radius 1 is 1.00 bits per heavy atom. The van der Waals surface area contributed by atoms with E-state index in [4.69, 9.17) is 5.73 Å². The number of nitrogens with zero attached hydrogens (tertiary/aromatic N) is 1. The molecule has 0 spiro atoms. The SMILES string of the molecule is Cc1ccccc1C(C#N)c1ccccc1N. The molecule has 0 aromatic heterocycles. The van der Waals surface area contributed by atoms with Crippen LogP contribution in [-0.2, 0) is 0 Å². The highest BCUT2D eigenvalue weighted by Gasteiger charge is 2.16. The molecule has 2 aromatic rings. The number of anilines is 1. The molecule has 2 rings (SSSR count). The minimum Gasteiger partial charge on any atom is -0.398 e. The Morgan fingerprint density at radius 2 is 1.59 bits per heavy atom. The van der Waals surface area contributed by atoms with Crippen molar-refractivity contribution in [2.24, 2.45) is 0 Å². The van der Waals surface area contributed by atoms with Gasteiger partial charge in [0.1, 0.15) is 0 Å². The van der Waals surface area contributed by atoms with E-state index in [-0.39, 0.29) is 5.92 Å². The van der Waals surface area contributed by atoms with Gasteiger partial charge in [0.05, 0.1) is 12.0 Å². The van der Waals surface area contributed by atoms with E-state index in [1.54, 1.807) is 0 Å². The largest absolute Gasteiger partial charge is 0.398 e. The first-order valence-corrected chi connectivity index (χ1v) is 5.53. The standard InChI is InChI=1S/C15H14N2/c1-11-6-2-3-7-12(11)14(10-16)13-8-4-5-9-15(13)17/h2-9,14H,17H2,1H3. The highest BCUT2D eigenvalue weighted by molar-refractivity contribution is 5.55. The number of benzene rings is 2. The smallest absolute Gasteiger partial charge is 0.0985 e. The Kier molecular flexibility index (Phi) is 3.11. The van der Waals surface area contributed by atoms with Crippen LogP contribution in [0, 0.1) is 18.3 Å². The molecular formula is C15H14N2. The van der Waals surface area contributed by atoms with Crippen molar-refractivity contribution in [1.29, 1.82) is 5.26 Å². The molecule has 2 heteroatoms. The molecule has 0 bridgehead atoms. The third-order valence-electron chi connectivity index (χ3n) is 2.94. The zero-order valence-corrected chi connectivity index (χ0v) is 9.72. The lowest BCUT2D eigenvalue weighted by molar-refractivity contribution is 1.02. The number of hydrogen-bond donors (Lipinski definition) is 1. The van der Waals surface area contributed by atoms with E-state index >= 15 is 0 Å². The Balaban J connectivity index is 2.53. The topological polar surface area (TPSA) is 49.8 Å². The average molecular weight is 222 g/mol. The van der Waals surface area contributed by atoms with Gasteiger partial charge in [0.2, 0.25) is 0 Å². The molecular weight excluding hydrogens is 208 g/mol. The minimum atomic E-state index is -0.294. The summed E-state index contributed by atoms with van der Waals surface area (Å²) < 4.78 is 0. The lowest BCUT2D eigenvalue weighted by Gasteiger charge is -2.14. The molecule has 0 heterocycles. The van der Waals surface area contributed by atoms with Gasteiger partial charge >= 0.3 is 0 Å². The highest BCUT2D eigenvalue weighted by atomic mass is 14.6. The number of rotatable bonds is 2. The van der Waals surface area contributed by atoms with Crippen LogP contribution < -0.4 is 5.73 Å². The van der Waals surface area contributed by atoms with Gasteiger partial charge in [-0.05, 0) is 29.7 Å². The van der Waals surface area contributed by atoms with Crippen LogP contribution in [-0.4, -0.2) is 0 Å². The summed E-state index contributed by atoms with van der Waals surface area (Å²) in [7, 11) is 0. The van der Waals surface area contributed by atoms with E-state index in [0.29, 0.717) is 5.69 Å². The average Bonchev–Trinajstić information content (AvgIpc) is 2.34. The number of hydrogen-bond acceptors (Lipinski definition) is 2. The molecule has 17 heavy (non-hydrogen) atoms. The first-order valence-electron chi connectivity index (χ1n) is 5.53. The van der Waals surface area contributed by atoms with Gasteiger partial charge in [-0.15, -0.1) is 0 Å². The fourth-order valence-corrected chi connectivity index (χ4v) is 1.99. The van der Waals surface area contributed by atoms with Crippen molar-refractivity contribution in [1.82, 2.24) is 0 Å². The third kappa shape index (κ3) is 2.14. The summed E-state index contributed by atoms with van der Waals surface area (Å²) in [6.07, 6.45) is 0. The molecule has 0 saturated carbocycles. The van der Waals surface area contributed by atoms with E-state index in [2.05, 4.69) is 6.07 Å². The molecule has 0 amide bonds. The van der Waals surface area contributed by atoms with Gasteiger partial charge in [-0.25, -0.2) is 0 Å². The van der Waals surface area contributed by atoms with Crippen molar-refractivity contribution in [2.45, 2.75) is 12.8 Å². The summed E-state index contributed by atoms with van der Waals surface area (Å²) in [5, 5.41) is 9.38. The maximum atomic E-state index is 9.38. The molecule has 0 aliphatic carbocycles. The molecule has 0 fully saturated rings. The highest BCUT2D eigenvalue weighted by Crippen LogP contribution is 2.29. The van der Waals surface area contributed by atoms with E-state index in [0.717, 1.165) is 16.7 Å². The van der Waals surface area contributed by atoms with Gasteiger partial charge < -0.3 is 5.73 Å². The monoisotopic (exact) mass is 222 g/mol. The molecule has 1 unspecified atom stereocenters. The lowest BCUT2D eigenvalue weighted by atomic mass is 9.89. The fraction of sp³-hybridized carbons (Fsp3) is 0.133. The van der Waals surface area contributed by atoms with Crippen LogP contribution >= 0.6 is 0 Å². The molecule has 0 aliphatic heterocycles. The normalized spacial score (nSPS) is 11.8. The van der Waals surface area contributed by atoms with Crippen LogP contribution in [0.25, 0.3) is 0 Å². The Labute approximate surface area is 101 Å². The summed E-state index contributed by atoms with van der Waals surface area (Å²) in [5.41, 5.74) is 9.62. The summed E-state index contributed by atoms with van der Waals surface area (Å²) in [4.78, 5) is 0. The quantitative estimate of drug-likeness (QED) is 0.793. The molecule has 0 radical (unpaired) electrons. The molecule has 84 valence electrons. The second kappa shape index (κ2) is 4.71. The molecule has 0 aliphatic rings. The van der Waals surface area contributed by atoms with E-state index in [9.17, 15) is 5.26 Å². The van der Waals surface area contributed by atoms with E-state index in [1.807, 2.05) is 55.5 Å². The first-order chi connectivity index (χ1) is 8.24. The summed E-state index contributed by atoms with van der Waals surface area (Å²) in [5.74, 6) is -0.294. The van der Waals surface area contributed by atoms with Gasteiger partial charge in [0, 0.05) is 5.69 Å².